The molecule has 5 nitrogen and oxygen atoms in total. The monoisotopic (exact) mass is 262 g/mol. The molecule has 1 amide bonds. The minimum absolute atomic E-state index is 0.103. The van der Waals surface area contributed by atoms with E-state index < -0.39 is 12.0 Å². The molecule has 0 aromatic carbocycles. The summed E-state index contributed by atoms with van der Waals surface area (Å²) >= 11 is 3.54. The highest BCUT2D eigenvalue weighted by Gasteiger charge is 2.50. The van der Waals surface area contributed by atoms with Crippen LogP contribution in [0.3, 0.4) is 0 Å². The van der Waals surface area contributed by atoms with Gasteiger partial charge in [-0.15, -0.1) is 23.5 Å². The molecule has 2 aliphatic heterocycles. The molecule has 0 aliphatic carbocycles. The normalized spacial score (nSPS) is 27.6. The molecule has 90 valence electrons. The van der Waals surface area contributed by atoms with Gasteiger partial charge in [-0.25, -0.2) is 4.79 Å². The van der Waals surface area contributed by atoms with E-state index in [0.29, 0.717) is 13.0 Å². The van der Waals surface area contributed by atoms with Crippen LogP contribution in [0.15, 0.2) is 0 Å². The van der Waals surface area contributed by atoms with Gasteiger partial charge >= 0.3 is 5.97 Å². The quantitative estimate of drug-likeness (QED) is 0.717. The molecule has 2 aliphatic rings. The predicted octanol–water partition coefficient (Wildman–Crippen LogP) is -0.193. The fourth-order valence-electron chi connectivity index (χ4n) is 2.15. The maximum absolute atomic E-state index is 11.6. The van der Waals surface area contributed by atoms with Crippen molar-refractivity contribution >= 4 is 35.4 Å². The Morgan fingerprint density at radius 3 is 2.56 bits per heavy atom. The van der Waals surface area contributed by atoms with Crippen molar-refractivity contribution in [2.45, 2.75) is 16.5 Å². The van der Waals surface area contributed by atoms with Gasteiger partial charge in [-0.2, -0.15) is 0 Å². The minimum atomic E-state index is -0.924. The van der Waals surface area contributed by atoms with Crippen LogP contribution < -0.4 is 5.73 Å². The maximum atomic E-state index is 11.6. The molecule has 16 heavy (non-hydrogen) atoms. The average Bonchev–Trinajstić information content (AvgIpc) is 2.86. The van der Waals surface area contributed by atoms with E-state index in [-0.39, 0.29) is 16.5 Å². The van der Waals surface area contributed by atoms with E-state index in [1.807, 2.05) is 0 Å². The molecule has 3 N–H and O–H groups in total. The minimum Gasteiger partial charge on any atom is -0.480 e. The highest BCUT2D eigenvalue weighted by Crippen LogP contribution is 2.51. The number of amides is 1. The van der Waals surface area contributed by atoms with E-state index in [0.717, 1.165) is 11.5 Å². The molecule has 0 unspecified atom stereocenters. The summed E-state index contributed by atoms with van der Waals surface area (Å²) in [6, 6.07) is -0.700. The summed E-state index contributed by atoms with van der Waals surface area (Å²) in [7, 11) is 0. The lowest BCUT2D eigenvalue weighted by molar-refractivity contribution is -0.147. The summed E-state index contributed by atoms with van der Waals surface area (Å²) in [5.41, 5.74) is 5.30. The van der Waals surface area contributed by atoms with Crippen molar-refractivity contribution in [1.29, 1.82) is 0 Å². The molecule has 0 radical (unpaired) electrons. The number of hydrogen-bond acceptors (Lipinski definition) is 5. The van der Waals surface area contributed by atoms with E-state index >= 15 is 0 Å². The largest absolute Gasteiger partial charge is 0.480 e. The first-order chi connectivity index (χ1) is 7.58. The van der Waals surface area contributed by atoms with Crippen molar-refractivity contribution in [2.75, 3.05) is 24.6 Å². The van der Waals surface area contributed by atoms with Crippen molar-refractivity contribution in [2.24, 2.45) is 5.73 Å². The number of hydrogen-bond donors (Lipinski definition) is 2. The van der Waals surface area contributed by atoms with Gasteiger partial charge in [-0.1, -0.05) is 0 Å². The summed E-state index contributed by atoms with van der Waals surface area (Å²) in [5.74, 6) is 0.868. The summed E-state index contributed by atoms with van der Waals surface area (Å²) in [6.07, 6.45) is 0.531. The SMILES string of the molecule is NCC(=O)N1CC2(C[C@H]1C(=O)O)SCCS2. The van der Waals surface area contributed by atoms with Crippen LogP contribution in [0.1, 0.15) is 6.42 Å². The highest BCUT2D eigenvalue weighted by atomic mass is 32.2. The Morgan fingerprint density at radius 1 is 1.44 bits per heavy atom. The number of carboxylic acids is 1. The zero-order valence-electron chi connectivity index (χ0n) is 8.72. The third-order valence-corrected chi connectivity index (χ3v) is 6.31. The smallest absolute Gasteiger partial charge is 0.326 e. The van der Waals surface area contributed by atoms with Gasteiger partial charge in [0.2, 0.25) is 5.91 Å². The van der Waals surface area contributed by atoms with Crippen molar-refractivity contribution in [3.8, 4) is 0 Å². The molecule has 2 heterocycles. The first-order valence-electron chi connectivity index (χ1n) is 5.08. The van der Waals surface area contributed by atoms with E-state index in [2.05, 4.69) is 0 Å². The molecule has 0 aromatic rings. The van der Waals surface area contributed by atoms with Crippen LogP contribution in [-0.2, 0) is 9.59 Å². The van der Waals surface area contributed by atoms with Gasteiger partial charge < -0.3 is 15.7 Å². The molecule has 1 atom stereocenters. The number of likely N-dealkylation sites (tertiary alicyclic amines) is 1. The zero-order chi connectivity index (χ0) is 11.8. The van der Waals surface area contributed by atoms with Crippen LogP contribution in [-0.4, -0.2) is 56.6 Å². The molecular formula is C9H14N2O3S2. The number of nitrogens with zero attached hydrogens (tertiary/aromatic N) is 1. The molecule has 0 bridgehead atoms. The van der Waals surface area contributed by atoms with Gasteiger partial charge in [0.15, 0.2) is 0 Å². The van der Waals surface area contributed by atoms with Gasteiger partial charge in [0.05, 0.1) is 10.6 Å². The number of aliphatic carboxylic acids is 1. The lowest BCUT2D eigenvalue weighted by Gasteiger charge is -2.22. The zero-order valence-corrected chi connectivity index (χ0v) is 10.4. The molecule has 7 heteroatoms. The number of carbonyl (C=O) groups is 2. The average molecular weight is 262 g/mol. The highest BCUT2D eigenvalue weighted by molar-refractivity contribution is 8.21. The maximum Gasteiger partial charge on any atom is 0.326 e. The van der Waals surface area contributed by atoms with Crippen LogP contribution in [0.2, 0.25) is 0 Å². The molecule has 2 rings (SSSR count). The number of nitrogens with two attached hydrogens (primary N) is 1. The van der Waals surface area contributed by atoms with E-state index in [1.54, 1.807) is 23.5 Å². The fraction of sp³-hybridized carbons (Fsp3) is 0.778. The van der Waals surface area contributed by atoms with Crippen molar-refractivity contribution in [3.63, 3.8) is 0 Å². The summed E-state index contributed by atoms with van der Waals surface area (Å²) in [4.78, 5) is 24.1. The molecule has 0 aromatic heterocycles. The van der Waals surface area contributed by atoms with Crippen LogP contribution in [0.5, 0.6) is 0 Å². The standard InChI is InChI=1S/C9H14N2O3S2/c10-4-7(12)11-5-9(15-1-2-16-9)3-6(11)8(13)14/h6H,1-5,10H2,(H,13,14)/t6-/m0/s1. The van der Waals surface area contributed by atoms with Crippen LogP contribution in [0, 0.1) is 0 Å². The topological polar surface area (TPSA) is 83.6 Å². The third kappa shape index (κ3) is 2.03. The second-order valence-electron chi connectivity index (χ2n) is 3.89. The van der Waals surface area contributed by atoms with Crippen molar-refractivity contribution in [3.05, 3.63) is 0 Å². The van der Waals surface area contributed by atoms with E-state index in [1.165, 1.54) is 4.90 Å². The summed E-state index contributed by atoms with van der Waals surface area (Å²) in [6.45, 7) is 0.393. The summed E-state index contributed by atoms with van der Waals surface area (Å²) < 4.78 is -0.103. The number of rotatable bonds is 2. The Bertz CT molecular complexity index is 318. The molecule has 2 fully saturated rings. The van der Waals surface area contributed by atoms with Crippen LogP contribution in [0.25, 0.3) is 0 Å². The number of carbonyl (C=O) groups excluding carboxylic acids is 1. The number of thioether (sulfide) groups is 2. The first kappa shape index (κ1) is 12.1. The van der Waals surface area contributed by atoms with Gasteiger partial charge in [0.25, 0.3) is 0 Å². The predicted molar refractivity (Wildman–Crippen MR) is 64.5 cm³/mol. The molecule has 0 saturated carbocycles. The summed E-state index contributed by atoms with van der Waals surface area (Å²) in [5, 5.41) is 9.12. The van der Waals surface area contributed by atoms with E-state index in [4.69, 9.17) is 10.8 Å². The lowest BCUT2D eigenvalue weighted by Crippen LogP contribution is -2.43. The lowest BCUT2D eigenvalue weighted by atomic mass is 10.2. The van der Waals surface area contributed by atoms with Gasteiger partial charge in [0.1, 0.15) is 6.04 Å². The second kappa shape index (κ2) is 4.46. The Labute approximate surface area is 102 Å². The Hall–Kier alpha value is -0.400. The van der Waals surface area contributed by atoms with Gasteiger partial charge in [-0.05, 0) is 0 Å². The molecule has 1 spiro atoms. The van der Waals surface area contributed by atoms with Gasteiger partial charge in [0, 0.05) is 24.5 Å². The van der Waals surface area contributed by atoms with Crippen molar-refractivity contribution in [1.82, 2.24) is 4.90 Å². The number of carboxylic acid groups (broad SMARTS) is 1. The Kier molecular flexibility index (Phi) is 3.37. The first-order valence-corrected chi connectivity index (χ1v) is 7.05. The second-order valence-corrected chi connectivity index (χ2v) is 7.11. The Morgan fingerprint density at radius 2 is 2.06 bits per heavy atom. The van der Waals surface area contributed by atoms with Crippen molar-refractivity contribution < 1.29 is 14.7 Å². The molecular weight excluding hydrogens is 248 g/mol. The molecule has 2 saturated heterocycles. The van der Waals surface area contributed by atoms with Gasteiger partial charge in [-0.3, -0.25) is 4.79 Å². The Balaban J connectivity index is 2.17. The third-order valence-electron chi connectivity index (χ3n) is 2.89. The van der Waals surface area contributed by atoms with Crippen LogP contribution in [0.4, 0.5) is 0 Å². The fourth-order valence-corrected chi connectivity index (χ4v) is 5.40. The van der Waals surface area contributed by atoms with Crippen LogP contribution >= 0.6 is 23.5 Å². The van der Waals surface area contributed by atoms with E-state index in [9.17, 15) is 9.59 Å².